The monoisotopic (exact) mass is 267 g/mol. The molecule has 6 heteroatoms. The first kappa shape index (κ1) is 13.5. The minimum atomic E-state index is -0.618. The Morgan fingerprint density at radius 3 is 2.70 bits per heavy atom. The van der Waals surface area contributed by atoms with Crippen LogP contribution in [0.3, 0.4) is 0 Å². The normalized spacial score (nSPS) is 9.75. The number of hydrogen-bond acceptors (Lipinski definition) is 5. The Bertz CT molecular complexity index is 648. The van der Waals surface area contributed by atoms with Crippen LogP contribution < -0.4 is 11.1 Å². The second-order valence-electron chi connectivity index (χ2n) is 4.03. The Labute approximate surface area is 116 Å². The Morgan fingerprint density at radius 2 is 2.05 bits per heavy atom. The number of nitrogens with one attached hydrogen (secondary N) is 1. The molecule has 100 valence electrons. The molecule has 0 bridgehead atoms. The SMILES string of the molecule is N#CCCNc1nc(C(N)=O)cc(-c2ccccc2)n1. The molecule has 0 fully saturated rings. The van der Waals surface area contributed by atoms with Crippen molar-refractivity contribution < 1.29 is 4.79 Å². The Morgan fingerprint density at radius 1 is 1.30 bits per heavy atom. The smallest absolute Gasteiger partial charge is 0.267 e. The molecule has 3 N–H and O–H groups in total. The molecule has 1 aromatic carbocycles. The molecule has 20 heavy (non-hydrogen) atoms. The van der Waals surface area contributed by atoms with E-state index in [0.29, 0.717) is 18.7 Å². The lowest BCUT2D eigenvalue weighted by atomic mass is 10.1. The van der Waals surface area contributed by atoms with Gasteiger partial charge in [0.1, 0.15) is 5.69 Å². The first-order chi connectivity index (χ1) is 9.70. The second-order valence-corrected chi connectivity index (χ2v) is 4.03. The van der Waals surface area contributed by atoms with Crippen LogP contribution in [-0.2, 0) is 0 Å². The van der Waals surface area contributed by atoms with Gasteiger partial charge in [-0.1, -0.05) is 30.3 Å². The van der Waals surface area contributed by atoms with Crippen LogP contribution in [0.25, 0.3) is 11.3 Å². The van der Waals surface area contributed by atoms with Gasteiger partial charge in [-0.15, -0.1) is 0 Å². The van der Waals surface area contributed by atoms with E-state index in [0.717, 1.165) is 5.56 Å². The van der Waals surface area contributed by atoms with Crippen molar-refractivity contribution in [3.63, 3.8) is 0 Å². The molecule has 6 nitrogen and oxygen atoms in total. The quantitative estimate of drug-likeness (QED) is 0.800. The van der Waals surface area contributed by atoms with Gasteiger partial charge in [0.05, 0.1) is 18.2 Å². The summed E-state index contributed by atoms with van der Waals surface area (Å²) in [7, 11) is 0. The zero-order chi connectivity index (χ0) is 14.4. The van der Waals surface area contributed by atoms with Gasteiger partial charge >= 0.3 is 0 Å². The van der Waals surface area contributed by atoms with Crippen LogP contribution in [-0.4, -0.2) is 22.4 Å². The van der Waals surface area contributed by atoms with Crippen LogP contribution in [0.15, 0.2) is 36.4 Å². The number of carbonyl (C=O) groups is 1. The molecule has 2 aromatic rings. The molecule has 0 spiro atoms. The highest BCUT2D eigenvalue weighted by molar-refractivity contribution is 5.92. The highest BCUT2D eigenvalue weighted by Gasteiger charge is 2.10. The van der Waals surface area contributed by atoms with Crippen molar-refractivity contribution in [3.8, 4) is 17.3 Å². The van der Waals surface area contributed by atoms with Gasteiger partial charge in [0.15, 0.2) is 0 Å². The Kier molecular flexibility index (Phi) is 4.24. The van der Waals surface area contributed by atoms with Gasteiger partial charge in [0.25, 0.3) is 5.91 Å². The fourth-order valence-corrected chi connectivity index (χ4v) is 1.64. The van der Waals surface area contributed by atoms with Crippen molar-refractivity contribution >= 4 is 11.9 Å². The van der Waals surface area contributed by atoms with E-state index in [1.165, 1.54) is 0 Å². The molecule has 1 amide bonds. The van der Waals surface area contributed by atoms with Crippen molar-refractivity contribution in [1.82, 2.24) is 9.97 Å². The second kappa shape index (κ2) is 6.29. The summed E-state index contributed by atoms with van der Waals surface area (Å²) >= 11 is 0. The molecule has 0 unspecified atom stereocenters. The maximum absolute atomic E-state index is 11.3. The molecule has 1 heterocycles. The predicted octanol–water partition coefficient (Wildman–Crippen LogP) is 1.57. The van der Waals surface area contributed by atoms with E-state index in [9.17, 15) is 4.79 Å². The summed E-state index contributed by atoms with van der Waals surface area (Å²) in [6.07, 6.45) is 0.324. The van der Waals surface area contributed by atoms with E-state index in [1.54, 1.807) is 6.07 Å². The first-order valence-electron chi connectivity index (χ1n) is 6.06. The summed E-state index contributed by atoms with van der Waals surface area (Å²) in [5, 5.41) is 11.4. The van der Waals surface area contributed by atoms with Crippen molar-refractivity contribution in [1.29, 1.82) is 5.26 Å². The molecular formula is C14H13N5O. The molecule has 0 radical (unpaired) electrons. The van der Waals surface area contributed by atoms with Crippen molar-refractivity contribution in [2.24, 2.45) is 5.73 Å². The minimum Gasteiger partial charge on any atom is -0.364 e. The molecule has 0 aliphatic heterocycles. The largest absolute Gasteiger partial charge is 0.364 e. The number of amides is 1. The third-order valence-electron chi connectivity index (χ3n) is 2.57. The van der Waals surface area contributed by atoms with Crippen LogP contribution in [0.2, 0.25) is 0 Å². The first-order valence-corrected chi connectivity index (χ1v) is 6.06. The average Bonchev–Trinajstić information content (AvgIpc) is 2.48. The number of hydrogen-bond donors (Lipinski definition) is 2. The zero-order valence-corrected chi connectivity index (χ0v) is 10.7. The van der Waals surface area contributed by atoms with Crippen LogP contribution in [0.5, 0.6) is 0 Å². The van der Waals surface area contributed by atoms with E-state index < -0.39 is 5.91 Å². The standard InChI is InChI=1S/C14H13N5O/c15-7-4-8-17-14-18-11(9-12(19-14)13(16)20)10-5-2-1-3-6-10/h1-3,5-6,9H,4,8H2,(H2,16,20)(H,17,18,19). The van der Waals surface area contributed by atoms with E-state index >= 15 is 0 Å². The fraction of sp³-hybridized carbons (Fsp3) is 0.143. The highest BCUT2D eigenvalue weighted by atomic mass is 16.1. The zero-order valence-electron chi connectivity index (χ0n) is 10.7. The van der Waals surface area contributed by atoms with Gasteiger partial charge in [-0.3, -0.25) is 4.79 Å². The predicted molar refractivity (Wildman–Crippen MR) is 74.7 cm³/mol. The maximum atomic E-state index is 11.3. The molecule has 0 aliphatic rings. The number of nitrogens with zero attached hydrogens (tertiary/aromatic N) is 3. The molecule has 0 saturated carbocycles. The van der Waals surface area contributed by atoms with Gasteiger partial charge in [-0.25, -0.2) is 9.97 Å². The van der Waals surface area contributed by atoms with Gasteiger partial charge < -0.3 is 11.1 Å². The van der Waals surface area contributed by atoms with Crippen molar-refractivity contribution in [2.75, 3.05) is 11.9 Å². The molecule has 0 saturated heterocycles. The molecular weight excluding hydrogens is 254 g/mol. The summed E-state index contributed by atoms with van der Waals surface area (Å²) in [4.78, 5) is 19.7. The van der Waals surface area contributed by atoms with Gasteiger partial charge in [-0.05, 0) is 6.07 Å². The minimum absolute atomic E-state index is 0.137. The van der Waals surface area contributed by atoms with Crippen LogP contribution >= 0.6 is 0 Å². The molecule has 2 rings (SSSR count). The number of nitriles is 1. The Balaban J connectivity index is 2.36. The van der Waals surface area contributed by atoms with E-state index in [-0.39, 0.29) is 11.6 Å². The average molecular weight is 267 g/mol. The number of anilines is 1. The third kappa shape index (κ3) is 3.29. The lowest BCUT2D eigenvalue weighted by Gasteiger charge is -2.07. The van der Waals surface area contributed by atoms with Gasteiger partial charge in [0, 0.05) is 12.1 Å². The highest BCUT2D eigenvalue weighted by Crippen LogP contribution is 2.18. The lowest BCUT2D eigenvalue weighted by molar-refractivity contribution is 0.0995. The number of nitrogens with two attached hydrogens (primary N) is 1. The molecule has 1 aromatic heterocycles. The van der Waals surface area contributed by atoms with Crippen LogP contribution in [0, 0.1) is 11.3 Å². The lowest BCUT2D eigenvalue weighted by Crippen LogP contribution is -2.16. The fourth-order valence-electron chi connectivity index (χ4n) is 1.64. The van der Waals surface area contributed by atoms with Crippen LogP contribution in [0.4, 0.5) is 5.95 Å². The third-order valence-corrected chi connectivity index (χ3v) is 2.57. The van der Waals surface area contributed by atoms with Crippen LogP contribution in [0.1, 0.15) is 16.9 Å². The summed E-state index contributed by atoms with van der Waals surface area (Å²) in [5.74, 6) is -0.330. The summed E-state index contributed by atoms with van der Waals surface area (Å²) in [6.45, 7) is 0.410. The number of rotatable bonds is 5. The summed E-state index contributed by atoms with van der Waals surface area (Å²) < 4.78 is 0. The topological polar surface area (TPSA) is 105 Å². The Hall–Kier alpha value is -2.94. The van der Waals surface area contributed by atoms with E-state index in [2.05, 4.69) is 15.3 Å². The number of carbonyl (C=O) groups excluding carboxylic acids is 1. The summed E-state index contributed by atoms with van der Waals surface area (Å²) in [6, 6.07) is 13.0. The van der Waals surface area contributed by atoms with Gasteiger partial charge in [0.2, 0.25) is 5.95 Å². The van der Waals surface area contributed by atoms with E-state index in [4.69, 9.17) is 11.0 Å². The number of benzene rings is 1. The molecule has 0 atom stereocenters. The van der Waals surface area contributed by atoms with Crippen molar-refractivity contribution in [3.05, 3.63) is 42.1 Å². The van der Waals surface area contributed by atoms with Gasteiger partial charge in [-0.2, -0.15) is 5.26 Å². The van der Waals surface area contributed by atoms with Crippen molar-refractivity contribution in [2.45, 2.75) is 6.42 Å². The molecule has 0 aliphatic carbocycles. The maximum Gasteiger partial charge on any atom is 0.267 e. The number of primary amides is 1. The van der Waals surface area contributed by atoms with E-state index in [1.807, 2.05) is 36.4 Å². The summed E-state index contributed by atoms with van der Waals surface area (Å²) in [5.41, 5.74) is 6.88. The number of aromatic nitrogens is 2.